The molecular formula is C19H18N2O4. The second kappa shape index (κ2) is 7.09. The van der Waals surface area contributed by atoms with Gasteiger partial charge in [0, 0.05) is 18.0 Å². The number of ether oxygens (including phenoxy) is 2. The minimum atomic E-state index is -0.453. The average molecular weight is 338 g/mol. The van der Waals surface area contributed by atoms with E-state index in [0.29, 0.717) is 28.9 Å². The molecule has 0 bridgehead atoms. The molecule has 0 aliphatic heterocycles. The molecule has 0 spiro atoms. The van der Waals surface area contributed by atoms with Crippen LogP contribution in [0.4, 0.5) is 0 Å². The number of hydrogen-bond donors (Lipinski definition) is 2. The number of aromatic nitrogens is 1. The Labute approximate surface area is 144 Å². The largest absolute Gasteiger partial charge is 0.493 e. The van der Waals surface area contributed by atoms with Crippen molar-refractivity contribution in [1.29, 1.82) is 0 Å². The van der Waals surface area contributed by atoms with E-state index in [9.17, 15) is 9.59 Å². The van der Waals surface area contributed by atoms with Crippen molar-refractivity contribution in [2.24, 2.45) is 0 Å². The zero-order valence-electron chi connectivity index (χ0n) is 14.0. The van der Waals surface area contributed by atoms with E-state index < -0.39 is 11.5 Å². The van der Waals surface area contributed by atoms with Crippen LogP contribution >= 0.6 is 0 Å². The molecule has 2 N–H and O–H groups in total. The minimum Gasteiger partial charge on any atom is -0.493 e. The van der Waals surface area contributed by atoms with Gasteiger partial charge in [-0.1, -0.05) is 30.3 Å². The second-order valence-electron chi connectivity index (χ2n) is 5.47. The number of pyridine rings is 1. The van der Waals surface area contributed by atoms with Crippen LogP contribution in [-0.2, 0) is 6.54 Å². The molecule has 2 aromatic carbocycles. The van der Waals surface area contributed by atoms with Crippen LogP contribution in [0.5, 0.6) is 11.5 Å². The summed E-state index contributed by atoms with van der Waals surface area (Å²) in [6, 6.07) is 14.4. The highest BCUT2D eigenvalue weighted by Crippen LogP contribution is 2.30. The van der Waals surface area contributed by atoms with Crippen molar-refractivity contribution in [3.05, 3.63) is 70.0 Å². The van der Waals surface area contributed by atoms with Crippen molar-refractivity contribution >= 4 is 16.8 Å². The second-order valence-corrected chi connectivity index (χ2v) is 5.47. The summed E-state index contributed by atoms with van der Waals surface area (Å²) in [6.07, 6.45) is 0. The molecule has 0 saturated carbocycles. The summed E-state index contributed by atoms with van der Waals surface area (Å²) in [4.78, 5) is 27.3. The minimum absolute atomic E-state index is 0.0515. The SMILES string of the molecule is COc1cc2cc(C(=O)NCc3ccccc3)c(=O)[nH]c2cc1OC. The number of rotatable bonds is 5. The van der Waals surface area contributed by atoms with Gasteiger partial charge >= 0.3 is 0 Å². The molecule has 1 amide bonds. The number of H-pyrrole nitrogens is 1. The van der Waals surface area contributed by atoms with E-state index in [1.807, 2.05) is 30.3 Å². The van der Waals surface area contributed by atoms with Gasteiger partial charge in [-0.3, -0.25) is 9.59 Å². The Morgan fingerprint density at radius 3 is 2.40 bits per heavy atom. The van der Waals surface area contributed by atoms with Crippen molar-refractivity contribution in [1.82, 2.24) is 10.3 Å². The van der Waals surface area contributed by atoms with Crippen LogP contribution in [0, 0.1) is 0 Å². The summed E-state index contributed by atoms with van der Waals surface area (Å²) in [5.74, 6) is 0.603. The number of carbonyl (C=O) groups excluding carboxylic acids is 1. The van der Waals surface area contributed by atoms with Crippen LogP contribution in [0.2, 0.25) is 0 Å². The lowest BCUT2D eigenvalue weighted by atomic mass is 10.1. The Hall–Kier alpha value is -3.28. The molecule has 3 aromatic rings. The first kappa shape index (κ1) is 16.6. The van der Waals surface area contributed by atoms with Gasteiger partial charge < -0.3 is 19.8 Å². The van der Waals surface area contributed by atoms with E-state index in [1.54, 1.807) is 18.2 Å². The number of amides is 1. The molecular weight excluding hydrogens is 320 g/mol. The monoisotopic (exact) mass is 338 g/mol. The Balaban J connectivity index is 1.91. The van der Waals surface area contributed by atoms with Gasteiger partial charge in [0.2, 0.25) is 0 Å². The fourth-order valence-corrected chi connectivity index (χ4v) is 2.58. The number of methoxy groups -OCH3 is 2. The number of carbonyl (C=O) groups is 1. The molecule has 0 atom stereocenters. The van der Waals surface area contributed by atoms with Crippen molar-refractivity contribution in [3.63, 3.8) is 0 Å². The predicted octanol–water partition coefficient (Wildman–Crippen LogP) is 2.48. The van der Waals surface area contributed by atoms with Crippen LogP contribution in [-0.4, -0.2) is 25.1 Å². The summed E-state index contributed by atoms with van der Waals surface area (Å²) >= 11 is 0. The van der Waals surface area contributed by atoms with Crippen LogP contribution < -0.4 is 20.3 Å². The predicted molar refractivity (Wildman–Crippen MR) is 95.3 cm³/mol. The third kappa shape index (κ3) is 3.47. The quantitative estimate of drug-likeness (QED) is 0.749. The molecule has 1 heterocycles. The van der Waals surface area contributed by atoms with E-state index in [-0.39, 0.29) is 5.56 Å². The van der Waals surface area contributed by atoms with Crippen LogP contribution in [0.3, 0.4) is 0 Å². The lowest BCUT2D eigenvalue weighted by Crippen LogP contribution is -2.29. The smallest absolute Gasteiger partial charge is 0.261 e. The van der Waals surface area contributed by atoms with Gasteiger partial charge in [0.05, 0.1) is 19.7 Å². The lowest BCUT2D eigenvalue weighted by Gasteiger charge is -2.10. The third-order valence-electron chi connectivity index (χ3n) is 3.89. The van der Waals surface area contributed by atoms with Gasteiger partial charge in [0.15, 0.2) is 11.5 Å². The highest BCUT2D eigenvalue weighted by molar-refractivity contribution is 5.97. The number of fused-ring (bicyclic) bond motifs is 1. The van der Waals surface area contributed by atoms with Crippen molar-refractivity contribution in [2.75, 3.05) is 14.2 Å². The number of aromatic amines is 1. The number of nitrogens with one attached hydrogen (secondary N) is 2. The molecule has 6 heteroatoms. The van der Waals surface area contributed by atoms with Gasteiger partial charge in [0.25, 0.3) is 11.5 Å². The molecule has 128 valence electrons. The Kier molecular flexibility index (Phi) is 4.70. The van der Waals surface area contributed by atoms with E-state index >= 15 is 0 Å². The van der Waals surface area contributed by atoms with Gasteiger partial charge in [-0.2, -0.15) is 0 Å². The molecule has 3 rings (SSSR count). The fourth-order valence-electron chi connectivity index (χ4n) is 2.58. The first-order valence-electron chi connectivity index (χ1n) is 7.73. The van der Waals surface area contributed by atoms with E-state index in [0.717, 1.165) is 5.56 Å². The third-order valence-corrected chi connectivity index (χ3v) is 3.89. The molecule has 0 aliphatic rings. The molecule has 1 aromatic heterocycles. The van der Waals surface area contributed by atoms with Gasteiger partial charge in [0.1, 0.15) is 5.56 Å². The summed E-state index contributed by atoms with van der Waals surface area (Å²) in [5, 5.41) is 3.44. The molecule has 0 fully saturated rings. The first-order valence-corrected chi connectivity index (χ1v) is 7.73. The number of hydrogen-bond acceptors (Lipinski definition) is 4. The lowest BCUT2D eigenvalue weighted by molar-refractivity contribution is 0.0949. The Bertz CT molecular complexity index is 964. The Morgan fingerprint density at radius 1 is 1.04 bits per heavy atom. The summed E-state index contributed by atoms with van der Waals surface area (Å²) in [7, 11) is 3.05. The van der Waals surface area contributed by atoms with Crippen LogP contribution in [0.15, 0.2) is 53.3 Å². The summed E-state index contributed by atoms with van der Waals surface area (Å²) in [5.41, 5.74) is 1.13. The standard InChI is InChI=1S/C19H18N2O4/c1-24-16-9-13-8-14(19(23)21-15(13)10-17(16)25-2)18(22)20-11-12-6-4-3-5-7-12/h3-10H,11H2,1-2H3,(H,20,22)(H,21,23). The highest BCUT2D eigenvalue weighted by Gasteiger charge is 2.14. The topological polar surface area (TPSA) is 80.4 Å². The maximum Gasteiger partial charge on any atom is 0.261 e. The van der Waals surface area contributed by atoms with Crippen LogP contribution in [0.1, 0.15) is 15.9 Å². The fraction of sp³-hybridized carbons (Fsp3) is 0.158. The van der Waals surface area contributed by atoms with E-state index in [4.69, 9.17) is 9.47 Å². The molecule has 6 nitrogen and oxygen atoms in total. The van der Waals surface area contributed by atoms with E-state index in [1.165, 1.54) is 14.2 Å². The molecule has 0 radical (unpaired) electrons. The number of benzene rings is 2. The average Bonchev–Trinajstić information content (AvgIpc) is 2.65. The van der Waals surface area contributed by atoms with Crippen LogP contribution in [0.25, 0.3) is 10.9 Å². The Morgan fingerprint density at radius 2 is 1.72 bits per heavy atom. The van der Waals surface area contributed by atoms with E-state index in [2.05, 4.69) is 10.3 Å². The maximum absolute atomic E-state index is 12.4. The maximum atomic E-state index is 12.4. The van der Waals surface area contributed by atoms with Gasteiger partial charge in [-0.25, -0.2) is 0 Å². The first-order chi connectivity index (χ1) is 12.1. The normalized spacial score (nSPS) is 10.5. The van der Waals surface area contributed by atoms with Crippen molar-refractivity contribution < 1.29 is 14.3 Å². The van der Waals surface area contributed by atoms with Crippen molar-refractivity contribution in [3.8, 4) is 11.5 Å². The van der Waals surface area contributed by atoms with Crippen molar-refractivity contribution in [2.45, 2.75) is 6.54 Å². The summed E-state index contributed by atoms with van der Waals surface area (Å²) < 4.78 is 10.5. The zero-order chi connectivity index (χ0) is 17.8. The molecule has 25 heavy (non-hydrogen) atoms. The van der Waals surface area contributed by atoms with Gasteiger partial charge in [-0.15, -0.1) is 0 Å². The molecule has 0 aliphatic carbocycles. The zero-order valence-corrected chi connectivity index (χ0v) is 14.0. The van der Waals surface area contributed by atoms with Gasteiger partial charge in [-0.05, 0) is 17.7 Å². The molecule has 0 saturated heterocycles. The highest BCUT2D eigenvalue weighted by atomic mass is 16.5. The summed E-state index contributed by atoms with van der Waals surface area (Å²) in [6.45, 7) is 0.350. The molecule has 0 unspecified atom stereocenters.